The molecule has 1 aromatic carbocycles. The van der Waals surface area contributed by atoms with Crippen molar-refractivity contribution >= 4 is 5.91 Å². The van der Waals surface area contributed by atoms with Crippen LogP contribution in [0.2, 0.25) is 0 Å². The van der Waals surface area contributed by atoms with E-state index in [0.717, 1.165) is 17.0 Å². The third-order valence-electron chi connectivity index (χ3n) is 4.19. The molecule has 2 rings (SSSR count). The maximum Gasteiger partial charge on any atom is 0.253 e. The number of benzene rings is 1. The van der Waals surface area contributed by atoms with Crippen molar-refractivity contribution in [1.29, 1.82) is 0 Å². The van der Waals surface area contributed by atoms with Gasteiger partial charge in [0.2, 0.25) is 0 Å². The van der Waals surface area contributed by atoms with Gasteiger partial charge in [0.15, 0.2) is 0 Å². The topological polar surface area (TPSA) is 43.3 Å². The molecule has 4 heteroatoms. The molecule has 4 nitrogen and oxygen atoms in total. The van der Waals surface area contributed by atoms with Gasteiger partial charge >= 0.3 is 0 Å². The van der Waals surface area contributed by atoms with Crippen LogP contribution < -0.4 is 5.32 Å². The summed E-state index contributed by atoms with van der Waals surface area (Å²) >= 11 is 0. The predicted molar refractivity (Wildman–Crippen MR) is 93.0 cm³/mol. The standard InChI is InChI=1S/C19H26N2O2/c1-13(12-23-5)20-19(22)18-11-14(2)21(16(18)4)15(3)17-9-7-6-8-10-17/h6-11,13,15H,12H2,1-5H3,(H,20,22). The summed E-state index contributed by atoms with van der Waals surface area (Å²) in [5.74, 6) is -0.0471. The van der Waals surface area contributed by atoms with Crippen LogP contribution in [0.5, 0.6) is 0 Å². The zero-order valence-electron chi connectivity index (χ0n) is 14.6. The molecule has 0 radical (unpaired) electrons. The number of aromatic nitrogens is 1. The van der Waals surface area contributed by atoms with Crippen molar-refractivity contribution in [1.82, 2.24) is 9.88 Å². The van der Waals surface area contributed by atoms with Crippen LogP contribution in [0.15, 0.2) is 36.4 Å². The highest BCUT2D eigenvalue weighted by molar-refractivity contribution is 5.95. The molecule has 124 valence electrons. The van der Waals surface area contributed by atoms with Crippen LogP contribution in [0.1, 0.15) is 47.2 Å². The van der Waals surface area contributed by atoms with Crippen LogP contribution in [0, 0.1) is 13.8 Å². The average Bonchev–Trinajstić information content (AvgIpc) is 2.82. The number of methoxy groups -OCH3 is 1. The van der Waals surface area contributed by atoms with Gasteiger partial charge in [-0.1, -0.05) is 30.3 Å². The van der Waals surface area contributed by atoms with E-state index in [1.165, 1.54) is 5.56 Å². The lowest BCUT2D eigenvalue weighted by Crippen LogP contribution is -2.35. The second-order valence-electron chi connectivity index (χ2n) is 6.07. The molecular formula is C19H26N2O2. The first-order valence-corrected chi connectivity index (χ1v) is 7.98. The lowest BCUT2D eigenvalue weighted by atomic mass is 10.1. The molecule has 2 unspecified atom stereocenters. The Kier molecular flexibility index (Phi) is 5.61. The van der Waals surface area contributed by atoms with Crippen LogP contribution in [0.25, 0.3) is 0 Å². The molecule has 0 spiro atoms. The average molecular weight is 314 g/mol. The van der Waals surface area contributed by atoms with E-state index in [4.69, 9.17) is 4.74 Å². The van der Waals surface area contributed by atoms with Gasteiger partial charge < -0.3 is 14.6 Å². The van der Waals surface area contributed by atoms with Gasteiger partial charge in [-0.25, -0.2) is 0 Å². The molecule has 1 N–H and O–H groups in total. The fourth-order valence-electron chi connectivity index (χ4n) is 3.08. The number of nitrogens with one attached hydrogen (secondary N) is 1. The van der Waals surface area contributed by atoms with Crippen LogP contribution in [0.3, 0.4) is 0 Å². The van der Waals surface area contributed by atoms with E-state index < -0.39 is 0 Å². The summed E-state index contributed by atoms with van der Waals surface area (Å²) in [6, 6.07) is 12.5. The summed E-state index contributed by atoms with van der Waals surface area (Å²) in [7, 11) is 1.63. The van der Waals surface area contributed by atoms with E-state index in [-0.39, 0.29) is 18.0 Å². The van der Waals surface area contributed by atoms with Crippen LogP contribution in [-0.2, 0) is 4.74 Å². The van der Waals surface area contributed by atoms with Gasteiger partial charge in [0.05, 0.1) is 18.2 Å². The Bertz CT molecular complexity index is 662. The summed E-state index contributed by atoms with van der Waals surface area (Å²) in [5.41, 5.74) is 4.03. The van der Waals surface area contributed by atoms with Crippen molar-refractivity contribution in [3.05, 3.63) is 58.9 Å². The molecule has 2 aromatic rings. The molecule has 0 saturated heterocycles. The number of hydrogen-bond acceptors (Lipinski definition) is 2. The van der Waals surface area contributed by atoms with Crippen LogP contribution in [0.4, 0.5) is 0 Å². The van der Waals surface area contributed by atoms with Crippen LogP contribution >= 0.6 is 0 Å². The lowest BCUT2D eigenvalue weighted by Gasteiger charge is -2.19. The maximum absolute atomic E-state index is 12.5. The zero-order chi connectivity index (χ0) is 17.0. The van der Waals surface area contributed by atoms with Gasteiger partial charge in [-0.15, -0.1) is 0 Å². The van der Waals surface area contributed by atoms with Gasteiger partial charge in [0.25, 0.3) is 5.91 Å². The Balaban J connectivity index is 2.27. The third-order valence-corrected chi connectivity index (χ3v) is 4.19. The third kappa shape index (κ3) is 3.82. The number of amides is 1. The van der Waals surface area contributed by atoms with Crippen molar-refractivity contribution in [2.24, 2.45) is 0 Å². The van der Waals surface area contributed by atoms with E-state index in [9.17, 15) is 4.79 Å². The first-order valence-electron chi connectivity index (χ1n) is 7.98. The Hall–Kier alpha value is -2.07. The second kappa shape index (κ2) is 7.47. The van der Waals surface area contributed by atoms with Crippen LogP contribution in [-0.4, -0.2) is 30.2 Å². The van der Waals surface area contributed by atoms with Crippen molar-refractivity contribution < 1.29 is 9.53 Å². The molecule has 0 aliphatic carbocycles. The smallest absolute Gasteiger partial charge is 0.253 e. The van der Waals surface area contributed by atoms with Crippen molar-refractivity contribution in [2.45, 2.75) is 39.8 Å². The highest BCUT2D eigenvalue weighted by Gasteiger charge is 2.20. The minimum Gasteiger partial charge on any atom is -0.383 e. The largest absolute Gasteiger partial charge is 0.383 e. The van der Waals surface area contributed by atoms with Gasteiger partial charge in [0, 0.05) is 24.5 Å². The Morgan fingerprint density at radius 3 is 2.48 bits per heavy atom. The number of carbonyl (C=O) groups is 1. The molecule has 0 aliphatic rings. The molecule has 1 aromatic heterocycles. The predicted octanol–water partition coefficient (Wildman–Crippen LogP) is 3.48. The second-order valence-corrected chi connectivity index (χ2v) is 6.07. The van der Waals surface area contributed by atoms with Gasteiger partial charge in [-0.05, 0) is 39.3 Å². The van der Waals surface area contributed by atoms with Crippen molar-refractivity contribution in [2.75, 3.05) is 13.7 Å². The summed E-state index contributed by atoms with van der Waals surface area (Å²) in [6.45, 7) is 8.65. The summed E-state index contributed by atoms with van der Waals surface area (Å²) < 4.78 is 7.29. The number of nitrogens with zero attached hydrogens (tertiary/aromatic N) is 1. The number of carbonyl (C=O) groups excluding carboxylic acids is 1. The van der Waals surface area contributed by atoms with Crippen molar-refractivity contribution in [3.63, 3.8) is 0 Å². The van der Waals surface area contributed by atoms with E-state index >= 15 is 0 Å². The van der Waals surface area contributed by atoms with Gasteiger partial charge in [-0.2, -0.15) is 0 Å². The highest BCUT2D eigenvalue weighted by atomic mass is 16.5. The molecule has 0 aliphatic heterocycles. The fourth-order valence-corrected chi connectivity index (χ4v) is 3.08. The highest BCUT2D eigenvalue weighted by Crippen LogP contribution is 2.25. The Morgan fingerprint density at radius 2 is 1.87 bits per heavy atom. The number of rotatable bonds is 6. The molecular weight excluding hydrogens is 288 g/mol. The molecule has 0 bridgehead atoms. The molecule has 0 saturated carbocycles. The number of ether oxygens (including phenoxy) is 1. The first kappa shape index (κ1) is 17.3. The van der Waals surface area contributed by atoms with E-state index in [1.807, 2.05) is 45.0 Å². The number of hydrogen-bond donors (Lipinski definition) is 1. The quantitative estimate of drug-likeness (QED) is 0.887. The molecule has 2 atom stereocenters. The summed E-state index contributed by atoms with van der Waals surface area (Å²) in [5, 5.41) is 2.98. The Morgan fingerprint density at radius 1 is 1.22 bits per heavy atom. The monoisotopic (exact) mass is 314 g/mol. The molecule has 1 heterocycles. The maximum atomic E-state index is 12.5. The van der Waals surface area contributed by atoms with E-state index in [1.54, 1.807) is 7.11 Å². The summed E-state index contributed by atoms with van der Waals surface area (Å²) in [4.78, 5) is 12.5. The molecule has 1 amide bonds. The zero-order valence-corrected chi connectivity index (χ0v) is 14.6. The molecule has 0 fully saturated rings. The first-order chi connectivity index (χ1) is 11.0. The Labute approximate surface area is 138 Å². The number of aryl methyl sites for hydroxylation is 1. The van der Waals surface area contributed by atoms with Gasteiger partial charge in [-0.3, -0.25) is 4.79 Å². The van der Waals surface area contributed by atoms with Crippen molar-refractivity contribution in [3.8, 4) is 0 Å². The van der Waals surface area contributed by atoms with Gasteiger partial charge in [0.1, 0.15) is 0 Å². The molecule has 23 heavy (non-hydrogen) atoms. The summed E-state index contributed by atoms with van der Waals surface area (Å²) in [6.07, 6.45) is 0. The van der Waals surface area contributed by atoms with E-state index in [0.29, 0.717) is 6.61 Å². The lowest BCUT2D eigenvalue weighted by molar-refractivity contribution is 0.0905. The SMILES string of the molecule is COCC(C)NC(=O)c1cc(C)n(C(C)c2ccccc2)c1C. The van der Waals surface area contributed by atoms with E-state index in [2.05, 4.69) is 28.9 Å². The fraction of sp³-hybridized carbons (Fsp3) is 0.421. The minimum atomic E-state index is -0.0471. The minimum absolute atomic E-state index is 0.0119. The normalized spacial score (nSPS) is 13.6.